The lowest BCUT2D eigenvalue weighted by atomic mass is 10.0. The van der Waals surface area contributed by atoms with E-state index in [-0.39, 0.29) is 0 Å². The Hall–Kier alpha value is -1.28. The zero-order chi connectivity index (χ0) is 11.3. The quantitative estimate of drug-likeness (QED) is 0.757. The summed E-state index contributed by atoms with van der Waals surface area (Å²) in [6.45, 7) is 2.03. The monoisotopic (exact) mass is 232 g/mol. The minimum absolute atomic E-state index is 0.733. The predicted molar refractivity (Wildman–Crippen MR) is 67.9 cm³/mol. The molecular weight excluding hydrogens is 220 g/mol. The molecule has 16 heavy (non-hydrogen) atoms. The Morgan fingerprint density at radius 3 is 2.94 bits per heavy atom. The summed E-state index contributed by atoms with van der Waals surface area (Å²) in [6.07, 6.45) is 3.27. The zero-order valence-corrected chi connectivity index (χ0v) is 9.93. The molecule has 0 amide bonds. The van der Waals surface area contributed by atoms with Crippen LogP contribution in [0.15, 0.2) is 12.1 Å². The van der Waals surface area contributed by atoms with Crippen molar-refractivity contribution >= 4 is 28.2 Å². The van der Waals surface area contributed by atoms with Gasteiger partial charge in [0.25, 0.3) is 0 Å². The van der Waals surface area contributed by atoms with E-state index in [2.05, 4.69) is 0 Å². The molecule has 1 aliphatic carbocycles. The van der Waals surface area contributed by atoms with E-state index < -0.39 is 0 Å². The maximum absolute atomic E-state index is 6.21. The molecule has 1 aromatic heterocycles. The number of rotatable bonds is 0. The van der Waals surface area contributed by atoms with Crippen molar-refractivity contribution < 1.29 is 0 Å². The van der Waals surface area contributed by atoms with Crippen molar-refractivity contribution in [2.75, 3.05) is 5.73 Å². The summed E-state index contributed by atoms with van der Waals surface area (Å²) in [6, 6.07) is 3.86. The van der Waals surface area contributed by atoms with Crippen molar-refractivity contribution in [1.29, 1.82) is 0 Å². The van der Waals surface area contributed by atoms with E-state index >= 15 is 0 Å². The van der Waals surface area contributed by atoms with Crippen molar-refractivity contribution in [2.24, 2.45) is 0 Å². The lowest BCUT2D eigenvalue weighted by Gasteiger charge is -2.10. The predicted octanol–water partition coefficient (Wildman–Crippen LogP) is 3.27. The van der Waals surface area contributed by atoms with Crippen LogP contribution in [0.3, 0.4) is 0 Å². The molecule has 1 aliphatic rings. The number of hydrogen-bond donors (Lipinski definition) is 1. The maximum atomic E-state index is 6.21. The summed E-state index contributed by atoms with van der Waals surface area (Å²) in [5, 5.41) is 1.74. The van der Waals surface area contributed by atoms with Crippen molar-refractivity contribution in [3.8, 4) is 0 Å². The number of pyridine rings is 1. The molecule has 3 rings (SSSR count). The summed E-state index contributed by atoms with van der Waals surface area (Å²) in [5.41, 5.74) is 11.6. The van der Waals surface area contributed by atoms with Gasteiger partial charge in [0.1, 0.15) is 0 Å². The van der Waals surface area contributed by atoms with E-state index in [0.29, 0.717) is 0 Å². The van der Waals surface area contributed by atoms with Gasteiger partial charge in [-0.3, -0.25) is 4.98 Å². The minimum atomic E-state index is 0.733. The SMILES string of the molecule is Cc1cc(Cl)cc2c(N)c3c(nc12)CCC3. The second kappa shape index (κ2) is 3.36. The molecule has 0 saturated heterocycles. The molecule has 0 fully saturated rings. The number of benzene rings is 1. The highest BCUT2D eigenvalue weighted by Crippen LogP contribution is 2.34. The van der Waals surface area contributed by atoms with Gasteiger partial charge in [0.15, 0.2) is 0 Å². The summed E-state index contributed by atoms with van der Waals surface area (Å²) in [4.78, 5) is 4.72. The highest BCUT2D eigenvalue weighted by atomic mass is 35.5. The van der Waals surface area contributed by atoms with Gasteiger partial charge in [0, 0.05) is 21.8 Å². The van der Waals surface area contributed by atoms with Crippen LogP contribution >= 0.6 is 11.6 Å². The lowest BCUT2D eigenvalue weighted by molar-refractivity contribution is 0.901. The van der Waals surface area contributed by atoms with E-state index in [1.54, 1.807) is 0 Å². The number of hydrogen-bond acceptors (Lipinski definition) is 2. The summed E-state index contributed by atoms with van der Waals surface area (Å²) in [7, 11) is 0. The summed E-state index contributed by atoms with van der Waals surface area (Å²) < 4.78 is 0. The van der Waals surface area contributed by atoms with Crippen LogP contribution in [0, 0.1) is 6.92 Å². The average Bonchev–Trinajstić information content (AvgIpc) is 2.68. The van der Waals surface area contributed by atoms with Gasteiger partial charge in [-0.15, -0.1) is 0 Å². The van der Waals surface area contributed by atoms with Gasteiger partial charge in [-0.1, -0.05) is 11.6 Å². The molecule has 1 aromatic carbocycles. The fraction of sp³-hybridized carbons (Fsp3) is 0.308. The van der Waals surface area contributed by atoms with Gasteiger partial charge in [0.2, 0.25) is 0 Å². The molecule has 3 heteroatoms. The van der Waals surface area contributed by atoms with Crippen LogP contribution in [0.5, 0.6) is 0 Å². The summed E-state index contributed by atoms with van der Waals surface area (Å²) in [5.74, 6) is 0. The largest absolute Gasteiger partial charge is 0.398 e. The number of fused-ring (bicyclic) bond motifs is 2. The van der Waals surface area contributed by atoms with Crippen molar-refractivity contribution in [3.05, 3.63) is 34.0 Å². The number of aromatic nitrogens is 1. The second-order valence-electron chi connectivity index (χ2n) is 4.42. The molecule has 2 N–H and O–H groups in total. The van der Waals surface area contributed by atoms with Crippen LogP contribution in [-0.4, -0.2) is 4.98 Å². The fourth-order valence-electron chi connectivity index (χ4n) is 2.53. The smallest absolute Gasteiger partial charge is 0.0756 e. The molecule has 0 atom stereocenters. The first-order chi connectivity index (χ1) is 7.66. The van der Waals surface area contributed by atoms with Crippen molar-refractivity contribution in [1.82, 2.24) is 4.98 Å². The molecular formula is C13H13ClN2. The molecule has 82 valence electrons. The molecule has 0 spiro atoms. The van der Waals surface area contributed by atoms with Gasteiger partial charge in [-0.25, -0.2) is 0 Å². The van der Waals surface area contributed by atoms with Crippen LogP contribution in [0.4, 0.5) is 5.69 Å². The second-order valence-corrected chi connectivity index (χ2v) is 4.86. The van der Waals surface area contributed by atoms with Gasteiger partial charge in [-0.2, -0.15) is 0 Å². The summed E-state index contributed by atoms with van der Waals surface area (Å²) >= 11 is 6.06. The minimum Gasteiger partial charge on any atom is -0.398 e. The van der Waals surface area contributed by atoms with E-state index in [0.717, 1.165) is 46.4 Å². The molecule has 0 bridgehead atoms. The molecule has 0 unspecified atom stereocenters. The first-order valence-corrected chi connectivity index (χ1v) is 5.91. The number of nitrogens with two attached hydrogens (primary N) is 1. The van der Waals surface area contributed by atoms with Crippen LogP contribution in [0.2, 0.25) is 5.02 Å². The zero-order valence-electron chi connectivity index (χ0n) is 9.18. The number of nitrogen functional groups attached to an aromatic ring is 1. The van der Waals surface area contributed by atoms with E-state index in [4.69, 9.17) is 22.3 Å². The first kappa shape index (κ1) is 9.91. The van der Waals surface area contributed by atoms with Gasteiger partial charge in [0.05, 0.1) is 5.52 Å². The molecule has 2 nitrogen and oxygen atoms in total. The molecule has 0 radical (unpaired) electrons. The third-order valence-electron chi connectivity index (χ3n) is 3.32. The Morgan fingerprint density at radius 2 is 2.12 bits per heavy atom. The fourth-order valence-corrected chi connectivity index (χ4v) is 2.80. The Labute approximate surface area is 99.4 Å². The van der Waals surface area contributed by atoms with Gasteiger partial charge >= 0.3 is 0 Å². The number of nitrogens with zero attached hydrogens (tertiary/aromatic N) is 1. The molecule has 0 aliphatic heterocycles. The highest BCUT2D eigenvalue weighted by Gasteiger charge is 2.18. The Bertz CT molecular complexity index is 590. The Morgan fingerprint density at radius 1 is 1.31 bits per heavy atom. The average molecular weight is 233 g/mol. The van der Waals surface area contributed by atoms with Crippen molar-refractivity contribution in [2.45, 2.75) is 26.2 Å². The van der Waals surface area contributed by atoms with Crippen molar-refractivity contribution in [3.63, 3.8) is 0 Å². The number of aryl methyl sites for hydroxylation is 2. The molecule has 1 heterocycles. The standard InChI is InChI=1S/C13H13ClN2/c1-7-5-8(14)6-10-12(15)9-3-2-4-11(9)16-13(7)10/h5-6H,2-4H2,1H3,(H2,15,16). The normalized spacial score (nSPS) is 14.4. The van der Waals surface area contributed by atoms with Crippen LogP contribution in [-0.2, 0) is 12.8 Å². The lowest BCUT2D eigenvalue weighted by Crippen LogP contribution is -1.99. The van der Waals surface area contributed by atoms with Crippen LogP contribution in [0.25, 0.3) is 10.9 Å². The Balaban J connectivity index is 2.46. The number of halogens is 1. The number of anilines is 1. The third kappa shape index (κ3) is 1.30. The first-order valence-electron chi connectivity index (χ1n) is 5.54. The van der Waals surface area contributed by atoms with Gasteiger partial charge in [-0.05, 0) is 49.4 Å². The van der Waals surface area contributed by atoms with E-state index in [9.17, 15) is 0 Å². The maximum Gasteiger partial charge on any atom is 0.0756 e. The third-order valence-corrected chi connectivity index (χ3v) is 3.53. The van der Waals surface area contributed by atoms with E-state index in [1.807, 2.05) is 19.1 Å². The highest BCUT2D eigenvalue weighted by molar-refractivity contribution is 6.31. The van der Waals surface area contributed by atoms with Crippen LogP contribution in [0.1, 0.15) is 23.2 Å². The topological polar surface area (TPSA) is 38.9 Å². The van der Waals surface area contributed by atoms with Gasteiger partial charge < -0.3 is 5.73 Å². The van der Waals surface area contributed by atoms with E-state index in [1.165, 1.54) is 11.3 Å². The van der Waals surface area contributed by atoms with Crippen LogP contribution < -0.4 is 5.73 Å². The Kier molecular flexibility index (Phi) is 2.08. The molecule has 0 saturated carbocycles. The molecule has 2 aromatic rings.